The number of nitrogens with zero attached hydrogens (tertiary/aromatic N) is 2. The van der Waals surface area contributed by atoms with Crippen LogP contribution in [-0.2, 0) is 0 Å². The van der Waals surface area contributed by atoms with Crippen molar-refractivity contribution < 1.29 is 10.0 Å². The molecule has 2 rings (SSSR count). The smallest absolute Gasteiger partial charge is 0.271 e. The number of aliphatic hydroxyl groups excluding tert-OH is 1. The Morgan fingerprint density at radius 2 is 2.31 bits per heavy atom. The second-order valence-electron chi connectivity index (χ2n) is 3.78. The number of nitro benzene ring substituents is 1. The summed E-state index contributed by atoms with van der Waals surface area (Å²) in [5.74, 6) is 0. The molecule has 86 valence electrons. The number of anilines is 1. The molecule has 16 heavy (non-hydrogen) atoms. The fourth-order valence-corrected chi connectivity index (χ4v) is 2.12. The van der Waals surface area contributed by atoms with E-state index in [0.717, 1.165) is 12.2 Å². The molecule has 6 heteroatoms. The first-order chi connectivity index (χ1) is 7.58. The van der Waals surface area contributed by atoms with Gasteiger partial charge in [0.1, 0.15) is 0 Å². The highest BCUT2D eigenvalue weighted by atomic mass is 35.5. The van der Waals surface area contributed by atoms with Gasteiger partial charge in [-0.25, -0.2) is 0 Å². The summed E-state index contributed by atoms with van der Waals surface area (Å²) in [6, 6.07) is 4.38. The maximum absolute atomic E-state index is 10.5. The minimum Gasteiger partial charge on any atom is -0.391 e. The summed E-state index contributed by atoms with van der Waals surface area (Å²) in [7, 11) is 0. The van der Waals surface area contributed by atoms with Gasteiger partial charge in [0.05, 0.1) is 21.7 Å². The molecule has 1 saturated heterocycles. The van der Waals surface area contributed by atoms with Gasteiger partial charge in [0.15, 0.2) is 0 Å². The number of aliphatic hydroxyl groups is 1. The zero-order valence-corrected chi connectivity index (χ0v) is 9.22. The van der Waals surface area contributed by atoms with Gasteiger partial charge >= 0.3 is 0 Å². The van der Waals surface area contributed by atoms with Gasteiger partial charge in [-0.3, -0.25) is 10.1 Å². The molecule has 1 aromatic carbocycles. The lowest BCUT2D eigenvalue weighted by molar-refractivity contribution is -0.384. The highest BCUT2D eigenvalue weighted by Crippen LogP contribution is 2.31. The lowest BCUT2D eigenvalue weighted by atomic mass is 10.2. The summed E-state index contributed by atoms with van der Waals surface area (Å²) in [5, 5.41) is 20.3. The summed E-state index contributed by atoms with van der Waals surface area (Å²) >= 11 is 5.97. The fraction of sp³-hybridized carbons (Fsp3) is 0.400. The fourth-order valence-electron chi connectivity index (χ4n) is 1.83. The summed E-state index contributed by atoms with van der Waals surface area (Å²) in [5.41, 5.74) is 0.720. The van der Waals surface area contributed by atoms with E-state index in [4.69, 9.17) is 11.6 Å². The minimum absolute atomic E-state index is 0.0199. The van der Waals surface area contributed by atoms with E-state index in [2.05, 4.69) is 0 Å². The predicted molar refractivity (Wildman–Crippen MR) is 60.9 cm³/mol. The van der Waals surface area contributed by atoms with E-state index in [9.17, 15) is 15.2 Å². The first-order valence-electron chi connectivity index (χ1n) is 4.95. The summed E-state index contributed by atoms with van der Waals surface area (Å²) in [6.45, 7) is 1.25. The molecule has 0 unspecified atom stereocenters. The van der Waals surface area contributed by atoms with Crippen LogP contribution in [-0.4, -0.2) is 29.2 Å². The Kier molecular flexibility index (Phi) is 2.98. The van der Waals surface area contributed by atoms with Gasteiger partial charge in [0.25, 0.3) is 5.69 Å². The van der Waals surface area contributed by atoms with Crippen LogP contribution in [0.15, 0.2) is 18.2 Å². The van der Waals surface area contributed by atoms with Crippen LogP contribution < -0.4 is 4.90 Å². The standard InChI is InChI=1S/C10H11ClN2O3/c11-9-5-7(13(15)16)1-2-10(9)12-4-3-8(14)6-12/h1-2,5,8,14H,3-4,6H2/t8-/m1/s1. The molecule has 0 saturated carbocycles. The Labute approximate surface area is 97.4 Å². The Morgan fingerprint density at radius 1 is 1.56 bits per heavy atom. The molecule has 5 nitrogen and oxygen atoms in total. The molecule has 0 radical (unpaired) electrons. The Hall–Kier alpha value is -1.33. The average Bonchev–Trinajstić information content (AvgIpc) is 2.64. The zero-order valence-electron chi connectivity index (χ0n) is 8.47. The molecule has 0 spiro atoms. The zero-order chi connectivity index (χ0) is 11.7. The normalized spacial score (nSPS) is 20.1. The number of nitro groups is 1. The largest absolute Gasteiger partial charge is 0.391 e. The third-order valence-corrected chi connectivity index (χ3v) is 2.95. The van der Waals surface area contributed by atoms with Crippen LogP contribution in [0.1, 0.15) is 6.42 Å². The van der Waals surface area contributed by atoms with Crippen molar-refractivity contribution >= 4 is 23.0 Å². The van der Waals surface area contributed by atoms with Crippen LogP contribution in [0, 0.1) is 10.1 Å². The number of non-ortho nitro benzene ring substituents is 1. The molecule has 0 aliphatic carbocycles. The van der Waals surface area contributed by atoms with Gasteiger partial charge in [0, 0.05) is 25.2 Å². The van der Waals surface area contributed by atoms with Crippen LogP contribution >= 0.6 is 11.6 Å². The van der Waals surface area contributed by atoms with Crippen molar-refractivity contribution in [3.05, 3.63) is 33.3 Å². The molecular formula is C10H11ClN2O3. The van der Waals surface area contributed by atoms with E-state index in [1.165, 1.54) is 12.1 Å². The number of β-amino-alcohol motifs (C(OH)–C–C–N with tert-alkyl or cyclic N) is 1. The van der Waals surface area contributed by atoms with Crippen molar-refractivity contribution in [1.29, 1.82) is 0 Å². The van der Waals surface area contributed by atoms with Crippen molar-refractivity contribution in [2.75, 3.05) is 18.0 Å². The van der Waals surface area contributed by atoms with Crippen molar-refractivity contribution in [2.45, 2.75) is 12.5 Å². The van der Waals surface area contributed by atoms with E-state index in [1.807, 2.05) is 4.90 Å². The molecule has 0 bridgehead atoms. The molecule has 1 heterocycles. The van der Waals surface area contributed by atoms with Crippen LogP contribution in [0.4, 0.5) is 11.4 Å². The Balaban J connectivity index is 2.26. The van der Waals surface area contributed by atoms with Crippen LogP contribution in [0.2, 0.25) is 5.02 Å². The number of hydrogen-bond donors (Lipinski definition) is 1. The van der Waals surface area contributed by atoms with Gasteiger partial charge in [-0.05, 0) is 12.5 Å². The molecule has 0 aromatic heterocycles. The predicted octanol–water partition coefficient (Wildman–Crippen LogP) is 1.82. The third kappa shape index (κ3) is 2.10. The number of halogens is 1. The SMILES string of the molecule is O=[N+]([O-])c1ccc(N2CC[C@@H](O)C2)c(Cl)c1. The monoisotopic (exact) mass is 242 g/mol. The van der Waals surface area contributed by atoms with Crippen LogP contribution in [0.3, 0.4) is 0 Å². The van der Waals surface area contributed by atoms with E-state index in [0.29, 0.717) is 18.0 Å². The van der Waals surface area contributed by atoms with Gasteiger partial charge in [-0.15, -0.1) is 0 Å². The first kappa shape index (κ1) is 11.2. The van der Waals surface area contributed by atoms with E-state index in [-0.39, 0.29) is 11.8 Å². The topological polar surface area (TPSA) is 66.6 Å². The third-order valence-electron chi connectivity index (χ3n) is 2.65. The van der Waals surface area contributed by atoms with Gasteiger partial charge in [-0.2, -0.15) is 0 Å². The molecule has 1 atom stereocenters. The summed E-state index contributed by atoms with van der Waals surface area (Å²) in [4.78, 5) is 12.0. The van der Waals surface area contributed by atoms with E-state index < -0.39 is 4.92 Å². The molecule has 1 aliphatic heterocycles. The van der Waals surface area contributed by atoms with Crippen molar-refractivity contribution in [2.24, 2.45) is 0 Å². The van der Waals surface area contributed by atoms with Gasteiger partial charge in [-0.1, -0.05) is 11.6 Å². The van der Waals surface area contributed by atoms with Gasteiger partial charge < -0.3 is 10.0 Å². The Bertz CT molecular complexity index is 425. The van der Waals surface area contributed by atoms with E-state index >= 15 is 0 Å². The lowest BCUT2D eigenvalue weighted by Crippen LogP contribution is -2.21. The highest BCUT2D eigenvalue weighted by Gasteiger charge is 2.22. The highest BCUT2D eigenvalue weighted by molar-refractivity contribution is 6.33. The van der Waals surface area contributed by atoms with Crippen LogP contribution in [0.25, 0.3) is 0 Å². The van der Waals surface area contributed by atoms with Gasteiger partial charge in [0.2, 0.25) is 0 Å². The quantitative estimate of drug-likeness (QED) is 0.635. The molecule has 1 aliphatic rings. The maximum atomic E-state index is 10.5. The number of hydrogen-bond acceptors (Lipinski definition) is 4. The second kappa shape index (κ2) is 4.27. The molecule has 1 fully saturated rings. The molecule has 0 amide bonds. The first-order valence-corrected chi connectivity index (χ1v) is 5.32. The molecule has 1 aromatic rings. The molecule has 1 N–H and O–H groups in total. The lowest BCUT2D eigenvalue weighted by Gasteiger charge is -2.18. The summed E-state index contributed by atoms with van der Waals surface area (Å²) < 4.78 is 0. The number of benzene rings is 1. The van der Waals surface area contributed by atoms with Crippen molar-refractivity contribution in [3.63, 3.8) is 0 Å². The second-order valence-corrected chi connectivity index (χ2v) is 4.19. The number of rotatable bonds is 2. The minimum atomic E-state index is -0.478. The van der Waals surface area contributed by atoms with Crippen molar-refractivity contribution in [1.82, 2.24) is 0 Å². The summed E-state index contributed by atoms with van der Waals surface area (Å²) in [6.07, 6.45) is 0.360. The van der Waals surface area contributed by atoms with Crippen molar-refractivity contribution in [3.8, 4) is 0 Å². The Morgan fingerprint density at radius 3 is 2.81 bits per heavy atom. The maximum Gasteiger partial charge on any atom is 0.271 e. The average molecular weight is 243 g/mol. The van der Waals surface area contributed by atoms with E-state index in [1.54, 1.807) is 6.07 Å². The van der Waals surface area contributed by atoms with Crippen LogP contribution in [0.5, 0.6) is 0 Å². The molecular weight excluding hydrogens is 232 g/mol.